The Kier molecular flexibility index (Phi) is 11.5. The van der Waals surface area contributed by atoms with E-state index in [9.17, 15) is 35.9 Å². The van der Waals surface area contributed by atoms with Crippen molar-refractivity contribution < 1.29 is 40.4 Å². The Morgan fingerprint density at radius 1 is 0.872 bits per heavy atom. The molecule has 14 heteroatoms. The molecule has 2 heterocycles. The minimum atomic E-state index is -5.09. The number of alkyl halides is 6. The van der Waals surface area contributed by atoms with Crippen LogP contribution >= 0.6 is 23.2 Å². The zero-order valence-corrected chi connectivity index (χ0v) is 28.2. The van der Waals surface area contributed by atoms with Crippen LogP contribution < -0.4 is 5.32 Å². The third-order valence-electron chi connectivity index (χ3n) is 9.81. The number of carbonyl (C=O) groups excluding carboxylic acids is 2. The molecule has 2 amide bonds. The summed E-state index contributed by atoms with van der Waals surface area (Å²) >= 11 is 12.6. The van der Waals surface area contributed by atoms with E-state index in [0.29, 0.717) is 66.1 Å². The maximum Gasteiger partial charge on any atom is 0.416 e. The van der Waals surface area contributed by atoms with Crippen molar-refractivity contribution in [1.82, 2.24) is 15.1 Å². The highest BCUT2D eigenvalue weighted by atomic mass is 35.5. The van der Waals surface area contributed by atoms with E-state index in [1.54, 1.807) is 37.2 Å². The van der Waals surface area contributed by atoms with E-state index in [1.165, 1.54) is 7.05 Å². The van der Waals surface area contributed by atoms with E-state index in [4.69, 9.17) is 23.2 Å². The summed E-state index contributed by atoms with van der Waals surface area (Å²) in [6.07, 6.45) is -5.42. The molecule has 2 saturated heterocycles. The van der Waals surface area contributed by atoms with Gasteiger partial charge in [-0.1, -0.05) is 29.3 Å². The average Bonchev–Trinajstić information content (AvgIpc) is 3.03. The molecule has 1 atom stereocenters. The average molecular weight is 711 g/mol. The summed E-state index contributed by atoms with van der Waals surface area (Å²) in [6.45, 7) is 3.55. The van der Waals surface area contributed by atoms with E-state index in [2.05, 4.69) is 5.32 Å². The molecule has 47 heavy (non-hydrogen) atoms. The normalized spacial score (nSPS) is 18.8. The van der Waals surface area contributed by atoms with Crippen molar-refractivity contribution in [2.75, 3.05) is 60.4 Å². The van der Waals surface area contributed by atoms with Crippen molar-refractivity contribution in [2.45, 2.75) is 62.3 Å². The fourth-order valence-electron chi connectivity index (χ4n) is 7.38. The van der Waals surface area contributed by atoms with Crippen LogP contribution in [0.25, 0.3) is 0 Å². The van der Waals surface area contributed by atoms with Crippen LogP contribution in [0.1, 0.15) is 71.5 Å². The topological polar surface area (TPSA) is 52.7 Å². The van der Waals surface area contributed by atoms with Gasteiger partial charge in [-0.25, -0.2) is 0 Å². The van der Waals surface area contributed by atoms with Gasteiger partial charge in [0.1, 0.15) is 0 Å². The summed E-state index contributed by atoms with van der Waals surface area (Å²) < 4.78 is 81.9. The number of carbonyl (C=O) groups is 2. The zero-order chi connectivity index (χ0) is 34.8. The second kappa shape index (κ2) is 14.5. The molecule has 0 saturated carbocycles. The van der Waals surface area contributed by atoms with E-state index in [0.717, 1.165) is 37.3 Å². The Morgan fingerprint density at radius 3 is 1.96 bits per heavy atom. The number of likely N-dealkylation sites (N-methyl/N-ethyl adjacent to an activating group) is 2. The van der Waals surface area contributed by atoms with Gasteiger partial charge < -0.3 is 19.6 Å². The number of nitrogens with one attached hydrogen (secondary N) is 1. The van der Waals surface area contributed by atoms with Gasteiger partial charge in [-0.2, -0.15) is 26.3 Å². The minimum absolute atomic E-state index is 0.00245. The molecular weight excluding hydrogens is 669 g/mol. The van der Waals surface area contributed by atoms with Crippen molar-refractivity contribution in [3.63, 3.8) is 0 Å². The Hall–Kier alpha value is -2.54. The monoisotopic (exact) mass is 709 g/mol. The van der Waals surface area contributed by atoms with Gasteiger partial charge in [0.05, 0.1) is 40.8 Å². The lowest BCUT2D eigenvalue weighted by molar-refractivity contribution is -0.972. The number of hydrogen-bond acceptors (Lipinski definition) is 3. The van der Waals surface area contributed by atoms with Crippen LogP contribution in [0, 0.1) is 0 Å². The van der Waals surface area contributed by atoms with Gasteiger partial charge >= 0.3 is 12.4 Å². The molecule has 2 aliphatic rings. The molecule has 0 bridgehead atoms. The highest BCUT2D eigenvalue weighted by Gasteiger charge is 2.57. The van der Waals surface area contributed by atoms with E-state index in [1.807, 2.05) is 0 Å². The molecule has 0 spiro atoms. The third kappa shape index (κ3) is 8.20. The van der Waals surface area contributed by atoms with E-state index >= 15 is 0 Å². The standard InChI is InChI=1S/C33H41Cl2F6N4O2/c1-43(2)30(47)31(10-12-42-13-11-31)45(14-5-4-6-15-45)16-9-23(22-7-8-27(34)28(35)19-22)21-44(3)29(46)24-17-25(32(36,37)38)20-26(18-24)33(39,40)41/h7-8,17-20,23,42H,4-6,9-16,21H2,1-3H3/q+1. The predicted molar refractivity (Wildman–Crippen MR) is 169 cm³/mol. The summed E-state index contributed by atoms with van der Waals surface area (Å²) in [5.41, 5.74) is -3.76. The number of benzene rings is 2. The molecule has 260 valence electrons. The summed E-state index contributed by atoms with van der Waals surface area (Å²) in [5.74, 6) is -1.33. The number of quaternary nitrogens is 1. The number of piperidine rings is 2. The Bertz CT molecular complexity index is 1400. The quantitative estimate of drug-likeness (QED) is 0.217. The maximum atomic E-state index is 14.0. The van der Waals surface area contributed by atoms with Gasteiger partial charge in [-0.15, -0.1) is 0 Å². The lowest BCUT2D eigenvalue weighted by atomic mass is 9.79. The lowest BCUT2D eigenvalue weighted by Gasteiger charge is -2.56. The number of rotatable bonds is 9. The number of halogens is 8. The summed E-state index contributed by atoms with van der Waals surface area (Å²) in [7, 11) is 4.89. The van der Waals surface area contributed by atoms with Crippen LogP contribution in [0.3, 0.4) is 0 Å². The van der Waals surface area contributed by atoms with Crippen molar-refractivity contribution in [2.24, 2.45) is 0 Å². The number of hydrogen-bond donors (Lipinski definition) is 1. The van der Waals surface area contributed by atoms with Crippen LogP contribution in [0.5, 0.6) is 0 Å². The second-order valence-electron chi connectivity index (χ2n) is 13.0. The molecular formula is C33H41Cl2F6N4O2+. The highest BCUT2D eigenvalue weighted by Crippen LogP contribution is 2.41. The van der Waals surface area contributed by atoms with Gasteiger partial charge in [-0.05, 0) is 55.2 Å². The van der Waals surface area contributed by atoms with Crippen molar-refractivity contribution in [3.8, 4) is 0 Å². The van der Waals surface area contributed by atoms with E-state index in [-0.39, 0.29) is 23.5 Å². The van der Waals surface area contributed by atoms with Crippen LogP contribution in [0.2, 0.25) is 10.0 Å². The molecule has 0 aromatic heterocycles. The molecule has 6 nitrogen and oxygen atoms in total. The van der Waals surface area contributed by atoms with E-state index < -0.39 is 46.4 Å². The molecule has 0 aliphatic carbocycles. The summed E-state index contributed by atoms with van der Waals surface area (Å²) in [5, 5.41) is 3.97. The van der Waals surface area contributed by atoms with Crippen molar-refractivity contribution in [1.29, 1.82) is 0 Å². The molecule has 2 fully saturated rings. The minimum Gasteiger partial charge on any atom is -0.343 e. The Morgan fingerprint density at radius 2 is 1.45 bits per heavy atom. The lowest BCUT2D eigenvalue weighted by Crippen LogP contribution is -2.74. The molecule has 2 aromatic carbocycles. The van der Waals surface area contributed by atoms with Crippen molar-refractivity contribution >= 4 is 35.0 Å². The van der Waals surface area contributed by atoms with Crippen LogP contribution in [-0.2, 0) is 17.1 Å². The summed E-state index contributed by atoms with van der Waals surface area (Å²) in [6, 6.07) is 5.95. The highest BCUT2D eigenvalue weighted by molar-refractivity contribution is 6.42. The first-order valence-corrected chi connectivity index (χ1v) is 16.4. The third-order valence-corrected chi connectivity index (χ3v) is 10.6. The first kappa shape index (κ1) is 37.3. The van der Waals surface area contributed by atoms with Gasteiger partial charge in [0.2, 0.25) is 0 Å². The second-order valence-corrected chi connectivity index (χ2v) is 13.8. The predicted octanol–water partition coefficient (Wildman–Crippen LogP) is 7.49. The Labute approximate surface area is 281 Å². The fourth-order valence-corrected chi connectivity index (χ4v) is 7.68. The van der Waals surface area contributed by atoms with Crippen LogP contribution in [0.4, 0.5) is 26.3 Å². The van der Waals surface area contributed by atoms with Gasteiger partial charge in [0.15, 0.2) is 5.54 Å². The smallest absolute Gasteiger partial charge is 0.343 e. The Balaban J connectivity index is 1.70. The zero-order valence-electron chi connectivity index (χ0n) is 26.7. The van der Waals surface area contributed by atoms with Crippen LogP contribution in [0.15, 0.2) is 36.4 Å². The van der Waals surface area contributed by atoms with Gasteiger partial charge in [-0.3, -0.25) is 9.59 Å². The number of amides is 2. The maximum absolute atomic E-state index is 14.0. The number of likely N-dealkylation sites (tertiary alicyclic amines) is 1. The molecule has 1 unspecified atom stereocenters. The molecule has 4 rings (SSSR count). The largest absolute Gasteiger partial charge is 0.416 e. The first-order chi connectivity index (χ1) is 21.9. The first-order valence-electron chi connectivity index (χ1n) is 15.7. The number of nitrogens with zero attached hydrogens (tertiary/aromatic N) is 3. The molecule has 0 radical (unpaired) electrons. The summed E-state index contributed by atoms with van der Waals surface area (Å²) in [4.78, 5) is 30.3. The molecule has 2 aliphatic heterocycles. The van der Waals surface area contributed by atoms with Crippen LogP contribution in [-0.4, -0.2) is 92.0 Å². The fraction of sp³-hybridized carbons (Fsp3) is 0.576. The van der Waals surface area contributed by atoms with Crippen molar-refractivity contribution in [3.05, 3.63) is 68.7 Å². The SMILES string of the molecule is CN(C)C(=O)C1([N+]2(CCC(CN(C)C(=O)c3cc(C(F)(F)F)cc(C(F)(F)F)c3)c3ccc(Cl)c(Cl)c3)CCCCC2)CCNCC1. The molecule has 1 N–H and O–H groups in total. The molecule has 2 aromatic rings. The van der Waals surface area contributed by atoms with Gasteiger partial charge in [0, 0.05) is 71.5 Å². The van der Waals surface area contributed by atoms with Gasteiger partial charge in [0.25, 0.3) is 11.8 Å².